The summed E-state index contributed by atoms with van der Waals surface area (Å²) in [4.78, 5) is 6.33. The second kappa shape index (κ2) is 7.38. The lowest BCUT2D eigenvalue weighted by Gasteiger charge is -2.22. The van der Waals surface area contributed by atoms with Crippen molar-refractivity contribution in [2.75, 3.05) is 13.2 Å². The predicted octanol–water partition coefficient (Wildman–Crippen LogP) is 2.84. The fourth-order valence-electron chi connectivity index (χ4n) is 1.97. The van der Waals surface area contributed by atoms with Gasteiger partial charge < -0.3 is 5.11 Å². The monoisotopic (exact) mass is 320 g/mol. The minimum Gasteiger partial charge on any atom is -0.395 e. The molecule has 0 atom stereocenters. The Morgan fingerprint density at radius 3 is 2.63 bits per heavy atom. The number of pyridine rings is 1. The zero-order valence-corrected chi connectivity index (χ0v) is 12.3. The normalized spacial score (nSPS) is 10.9. The van der Waals surface area contributed by atoms with Crippen molar-refractivity contribution in [2.45, 2.75) is 13.1 Å². The smallest absolute Gasteiger partial charge is 0.0558 e. The second-order valence-electron chi connectivity index (χ2n) is 4.39. The van der Waals surface area contributed by atoms with Crippen molar-refractivity contribution in [1.29, 1.82) is 0 Å². The number of aliphatic hydroxyl groups excluding tert-OH is 1. The molecule has 0 saturated heterocycles. The lowest BCUT2D eigenvalue weighted by molar-refractivity contribution is 0.184. The lowest BCUT2D eigenvalue weighted by Crippen LogP contribution is -2.26. The summed E-state index contributed by atoms with van der Waals surface area (Å²) in [5.74, 6) is 0. The van der Waals surface area contributed by atoms with Gasteiger partial charge in [0.2, 0.25) is 0 Å². The van der Waals surface area contributed by atoms with E-state index in [1.807, 2.05) is 30.5 Å². The topological polar surface area (TPSA) is 36.4 Å². The fourth-order valence-corrected chi connectivity index (χ4v) is 2.38. The van der Waals surface area contributed by atoms with Crippen LogP contribution in [0, 0.1) is 0 Å². The van der Waals surface area contributed by atoms with E-state index in [9.17, 15) is 5.11 Å². The Morgan fingerprint density at radius 2 is 1.95 bits per heavy atom. The van der Waals surface area contributed by atoms with Crippen LogP contribution in [0.25, 0.3) is 0 Å². The van der Waals surface area contributed by atoms with Gasteiger partial charge in [0.15, 0.2) is 0 Å². The number of hydrogen-bond acceptors (Lipinski definition) is 3. The van der Waals surface area contributed by atoms with Crippen LogP contribution < -0.4 is 0 Å². The van der Waals surface area contributed by atoms with Gasteiger partial charge in [-0.3, -0.25) is 9.88 Å². The van der Waals surface area contributed by atoms with E-state index in [1.54, 1.807) is 6.20 Å². The Labute approximate surface area is 122 Å². The summed E-state index contributed by atoms with van der Waals surface area (Å²) >= 11 is 3.56. The predicted molar refractivity (Wildman–Crippen MR) is 79.6 cm³/mol. The van der Waals surface area contributed by atoms with E-state index in [0.717, 1.165) is 23.1 Å². The SMILES string of the molecule is OCCN(Cc1cccnc1)Cc1ccccc1Br. The number of hydrogen-bond donors (Lipinski definition) is 1. The Bertz CT molecular complexity index is 505. The highest BCUT2D eigenvalue weighted by atomic mass is 79.9. The first-order valence-electron chi connectivity index (χ1n) is 6.25. The number of aromatic nitrogens is 1. The maximum absolute atomic E-state index is 9.19. The molecular formula is C15H17BrN2O. The molecule has 100 valence electrons. The van der Waals surface area contributed by atoms with Gasteiger partial charge in [0, 0.05) is 36.5 Å². The molecule has 0 amide bonds. The van der Waals surface area contributed by atoms with E-state index in [0.29, 0.717) is 6.54 Å². The minimum absolute atomic E-state index is 0.157. The van der Waals surface area contributed by atoms with Crippen molar-refractivity contribution >= 4 is 15.9 Å². The largest absolute Gasteiger partial charge is 0.395 e. The third-order valence-electron chi connectivity index (χ3n) is 2.90. The lowest BCUT2D eigenvalue weighted by atomic mass is 10.2. The van der Waals surface area contributed by atoms with Gasteiger partial charge in [0.05, 0.1) is 6.61 Å². The molecule has 2 rings (SSSR count). The number of nitrogens with zero attached hydrogens (tertiary/aromatic N) is 2. The molecule has 0 aliphatic carbocycles. The van der Waals surface area contributed by atoms with Crippen molar-refractivity contribution in [3.8, 4) is 0 Å². The Kier molecular flexibility index (Phi) is 5.51. The Hall–Kier alpha value is -1.23. The number of rotatable bonds is 6. The molecule has 4 heteroatoms. The first-order valence-corrected chi connectivity index (χ1v) is 7.04. The zero-order valence-electron chi connectivity index (χ0n) is 10.7. The third-order valence-corrected chi connectivity index (χ3v) is 3.67. The summed E-state index contributed by atoms with van der Waals surface area (Å²) in [5, 5.41) is 9.19. The molecule has 0 fully saturated rings. The fraction of sp³-hybridized carbons (Fsp3) is 0.267. The van der Waals surface area contributed by atoms with Crippen molar-refractivity contribution in [2.24, 2.45) is 0 Å². The summed E-state index contributed by atoms with van der Waals surface area (Å²) < 4.78 is 1.10. The van der Waals surface area contributed by atoms with E-state index >= 15 is 0 Å². The molecule has 0 saturated carbocycles. The standard InChI is InChI=1S/C15H17BrN2O/c16-15-6-2-1-5-14(15)12-18(8-9-19)11-13-4-3-7-17-10-13/h1-7,10,19H,8-9,11-12H2. The summed E-state index contributed by atoms with van der Waals surface area (Å²) in [6.45, 7) is 2.40. The van der Waals surface area contributed by atoms with Crippen LogP contribution in [-0.2, 0) is 13.1 Å². The van der Waals surface area contributed by atoms with Gasteiger partial charge in [0.1, 0.15) is 0 Å². The molecule has 0 unspecified atom stereocenters. The van der Waals surface area contributed by atoms with Gasteiger partial charge >= 0.3 is 0 Å². The van der Waals surface area contributed by atoms with Crippen LogP contribution in [0.4, 0.5) is 0 Å². The van der Waals surface area contributed by atoms with E-state index in [1.165, 1.54) is 5.56 Å². The molecule has 0 spiro atoms. The highest BCUT2D eigenvalue weighted by Crippen LogP contribution is 2.18. The molecule has 1 heterocycles. The molecular weight excluding hydrogens is 304 g/mol. The van der Waals surface area contributed by atoms with Gasteiger partial charge in [-0.1, -0.05) is 40.2 Å². The molecule has 19 heavy (non-hydrogen) atoms. The second-order valence-corrected chi connectivity index (χ2v) is 5.24. The minimum atomic E-state index is 0.157. The van der Waals surface area contributed by atoms with Crippen LogP contribution in [0.5, 0.6) is 0 Å². The van der Waals surface area contributed by atoms with Gasteiger partial charge in [-0.25, -0.2) is 0 Å². The van der Waals surface area contributed by atoms with Crippen LogP contribution in [0.1, 0.15) is 11.1 Å². The number of benzene rings is 1. The molecule has 0 bridgehead atoms. The van der Waals surface area contributed by atoms with Crippen LogP contribution in [0.15, 0.2) is 53.3 Å². The van der Waals surface area contributed by atoms with Crippen molar-refractivity contribution in [1.82, 2.24) is 9.88 Å². The summed E-state index contributed by atoms with van der Waals surface area (Å²) in [5.41, 5.74) is 2.38. The Balaban J connectivity index is 2.06. The van der Waals surface area contributed by atoms with Crippen LogP contribution in [0.2, 0.25) is 0 Å². The van der Waals surface area contributed by atoms with Gasteiger partial charge in [0.25, 0.3) is 0 Å². The average molecular weight is 321 g/mol. The van der Waals surface area contributed by atoms with E-state index in [2.05, 4.69) is 37.9 Å². The van der Waals surface area contributed by atoms with Gasteiger partial charge in [-0.15, -0.1) is 0 Å². The highest BCUT2D eigenvalue weighted by molar-refractivity contribution is 9.10. The summed E-state index contributed by atoms with van der Waals surface area (Å²) in [7, 11) is 0. The van der Waals surface area contributed by atoms with E-state index in [4.69, 9.17) is 0 Å². The summed E-state index contributed by atoms with van der Waals surface area (Å²) in [6, 6.07) is 12.2. The molecule has 0 aliphatic heterocycles. The third kappa shape index (κ3) is 4.42. The van der Waals surface area contributed by atoms with Crippen LogP contribution >= 0.6 is 15.9 Å². The van der Waals surface area contributed by atoms with Gasteiger partial charge in [-0.05, 0) is 23.3 Å². The molecule has 3 nitrogen and oxygen atoms in total. The number of aliphatic hydroxyl groups is 1. The molecule has 2 aromatic rings. The average Bonchev–Trinajstić information content (AvgIpc) is 2.43. The highest BCUT2D eigenvalue weighted by Gasteiger charge is 2.08. The maximum Gasteiger partial charge on any atom is 0.0558 e. The number of halogens is 1. The van der Waals surface area contributed by atoms with E-state index < -0.39 is 0 Å². The zero-order chi connectivity index (χ0) is 13.5. The van der Waals surface area contributed by atoms with Crippen molar-refractivity contribution < 1.29 is 5.11 Å². The molecule has 1 N–H and O–H groups in total. The van der Waals surface area contributed by atoms with Crippen LogP contribution in [0.3, 0.4) is 0 Å². The molecule has 1 aromatic heterocycles. The van der Waals surface area contributed by atoms with Crippen molar-refractivity contribution in [3.05, 3.63) is 64.4 Å². The van der Waals surface area contributed by atoms with E-state index in [-0.39, 0.29) is 6.61 Å². The summed E-state index contributed by atoms with van der Waals surface area (Å²) in [6.07, 6.45) is 3.64. The first-order chi connectivity index (χ1) is 9.29. The quantitative estimate of drug-likeness (QED) is 0.889. The van der Waals surface area contributed by atoms with Gasteiger partial charge in [-0.2, -0.15) is 0 Å². The molecule has 0 aliphatic rings. The maximum atomic E-state index is 9.19. The first kappa shape index (κ1) is 14.2. The Morgan fingerprint density at radius 1 is 1.11 bits per heavy atom. The molecule has 0 radical (unpaired) electrons. The van der Waals surface area contributed by atoms with Crippen molar-refractivity contribution in [3.63, 3.8) is 0 Å². The molecule has 1 aromatic carbocycles. The van der Waals surface area contributed by atoms with Crippen LogP contribution in [-0.4, -0.2) is 28.1 Å².